The van der Waals surface area contributed by atoms with Crippen molar-refractivity contribution < 1.29 is 19.3 Å². The first-order valence-corrected chi connectivity index (χ1v) is 7.43. The van der Waals surface area contributed by atoms with Crippen LogP contribution in [0.4, 0.5) is 0 Å². The Balaban J connectivity index is 0. The molecule has 4 atom stereocenters. The number of aliphatic hydroxyl groups excluding tert-OH is 1. The van der Waals surface area contributed by atoms with E-state index >= 15 is 0 Å². The van der Waals surface area contributed by atoms with Gasteiger partial charge in [-0.2, -0.15) is 0 Å². The molecule has 1 aliphatic heterocycles. The minimum Gasteiger partial charge on any atom is -0.387 e. The maximum Gasteiger partial charge on any atom is 0.161 e. The van der Waals surface area contributed by atoms with Gasteiger partial charge in [0.25, 0.3) is 0 Å². The highest BCUT2D eigenvalue weighted by molar-refractivity contribution is 4.92. The van der Waals surface area contributed by atoms with E-state index in [-0.39, 0.29) is 18.5 Å². The Bertz CT molecular complexity index is 208. The molecule has 1 heterocycles. The van der Waals surface area contributed by atoms with Crippen LogP contribution in [0, 0.1) is 0 Å². The van der Waals surface area contributed by atoms with Crippen LogP contribution in [-0.4, -0.2) is 42.4 Å². The predicted octanol–water partition coefficient (Wildman–Crippen LogP) is 3.36. The summed E-state index contributed by atoms with van der Waals surface area (Å²) in [6.07, 6.45) is -0.526. The number of hydrogen-bond acceptors (Lipinski definition) is 4. The van der Waals surface area contributed by atoms with Gasteiger partial charge in [0.2, 0.25) is 0 Å². The lowest BCUT2D eigenvalue weighted by Gasteiger charge is -2.44. The number of rotatable bonds is 3. The summed E-state index contributed by atoms with van der Waals surface area (Å²) < 4.78 is 16.5. The van der Waals surface area contributed by atoms with Crippen molar-refractivity contribution in [2.24, 2.45) is 0 Å². The Hall–Kier alpha value is -0.160. The van der Waals surface area contributed by atoms with Crippen LogP contribution in [0.3, 0.4) is 0 Å². The number of methoxy groups -OCH3 is 1. The fourth-order valence-electron chi connectivity index (χ4n) is 1.90. The third kappa shape index (κ3) is 6.70. The molecule has 0 aliphatic carbocycles. The van der Waals surface area contributed by atoms with Gasteiger partial charge in [-0.15, -0.1) is 0 Å². The van der Waals surface area contributed by atoms with Crippen molar-refractivity contribution in [3.05, 3.63) is 0 Å². The Kier molecular flexibility index (Phi) is 11.8. The zero-order valence-electron chi connectivity index (χ0n) is 14.2. The van der Waals surface area contributed by atoms with Crippen LogP contribution in [0.2, 0.25) is 0 Å². The average Bonchev–Trinajstić information content (AvgIpc) is 2.40. The second kappa shape index (κ2) is 10.6. The lowest BCUT2D eigenvalue weighted by atomic mass is 9.88. The van der Waals surface area contributed by atoms with Crippen LogP contribution in [0.25, 0.3) is 0 Å². The molecule has 1 rings (SSSR count). The summed E-state index contributed by atoms with van der Waals surface area (Å²) in [5, 5.41) is 9.94. The first-order valence-electron chi connectivity index (χ1n) is 7.43. The summed E-state index contributed by atoms with van der Waals surface area (Å²) in [6.45, 7) is 15.6. The molecule has 0 aromatic carbocycles. The molecule has 0 aromatic heterocycles. The lowest BCUT2D eigenvalue weighted by molar-refractivity contribution is -0.285. The molecule has 0 spiro atoms. The molecule has 1 aliphatic rings. The Morgan fingerprint density at radius 2 is 1.68 bits per heavy atom. The largest absolute Gasteiger partial charge is 0.387 e. The van der Waals surface area contributed by atoms with Gasteiger partial charge >= 0.3 is 0 Å². The second-order valence-electron chi connectivity index (χ2n) is 4.62. The summed E-state index contributed by atoms with van der Waals surface area (Å²) in [6, 6.07) is 0. The topological polar surface area (TPSA) is 47.9 Å². The first-order chi connectivity index (χ1) is 8.89. The monoisotopic (exact) mass is 278 g/mol. The van der Waals surface area contributed by atoms with Gasteiger partial charge < -0.3 is 19.3 Å². The maximum atomic E-state index is 9.94. The van der Waals surface area contributed by atoms with E-state index in [9.17, 15) is 5.11 Å². The minimum absolute atomic E-state index is 0.110. The van der Waals surface area contributed by atoms with Crippen LogP contribution in [0.1, 0.15) is 61.8 Å². The van der Waals surface area contributed by atoms with Gasteiger partial charge in [0.05, 0.1) is 17.8 Å². The van der Waals surface area contributed by atoms with Gasteiger partial charge in [0.15, 0.2) is 6.29 Å². The minimum atomic E-state index is -0.616. The van der Waals surface area contributed by atoms with E-state index in [1.54, 1.807) is 7.11 Å². The molecule has 0 bridgehead atoms. The normalized spacial score (nSPS) is 33.9. The summed E-state index contributed by atoms with van der Waals surface area (Å²) in [7, 11) is 1.60. The van der Waals surface area contributed by atoms with Crippen molar-refractivity contribution in [3.8, 4) is 0 Å². The third-order valence-corrected chi connectivity index (χ3v) is 2.90. The third-order valence-electron chi connectivity index (χ3n) is 2.90. The number of hydrogen-bond donors (Lipinski definition) is 1. The molecule has 118 valence electrons. The van der Waals surface area contributed by atoms with Crippen LogP contribution in [0.5, 0.6) is 0 Å². The van der Waals surface area contributed by atoms with Crippen molar-refractivity contribution in [1.29, 1.82) is 0 Å². The van der Waals surface area contributed by atoms with Crippen molar-refractivity contribution in [1.82, 2.24) is 0 Å². The van der Waals surface area contributed by atoms with Crippen LogP contribution < -0.4 is 0 Å². The van der Waals surface area contributed by atoms with Crippen molar-refractivity contribution in [2.45, 2.75) is 92.0 Å². The van der Waals surface area contributed by atoms with Crippen LogP contribution in [0.15, 0.2) is 0 Å². The number of ether oxygens (including phenoxy) is 3. The van der Waals surface area contributed by atoms with Crippen LogP contribution in [-0.2, 0) is 14.2 Å². The molecule has 0 aromatic rings. The lowest BCUT2D eigenvalue weighted by Crippen LogP contribution is -2.56. The van der Waals surface area contributed by atoms with Crippen LogP contribution >= 0.6 is 0 Å². The molecule has 1 fully saturated rings. The van der Waals surface area contributed by atoms with Gasteiger partial charge in [-0.1, -0.05) is 27.7 Å². The Labute approximate surface area is 119 Å². The van der Waals surface area contributed by atoms with E-state index < -0.39 is 11.7 Å². The molecular formula is C15H34O4. The maximum absolute atomic E-state index is 9.94. The molecule has 0 saturated carbocycles. The summed E-state index contributed by atoms with van der Waals surface area (Å²) in [4.78, 5) is 0. The Morgan fingerprint density at radius 3 is 2.05 bits per heavy atom. The van der Waals surface area contributed by atoms with Gasteiger partial charge in [-0.05, 0) is 27.7 Å². The quantitative estimate of drug-likeness (QED) is 0.860. The fourth-order valence-corrected chi connectivity index (χ4v) is 1.90. The smallest absolute Gasteiger partial charge is 0.161 e. The second-order valence-corrected chi connectivity index (χ2v) is 4.62. The molecule has 0 unspecified atom stereocenters. The van der Waals surface area contributed by atoms with Gasteiger partial charge in [0.1, 0.15) is 6.10 Å². The molecular weight excluding hydrogens is 244 g/mol. The first kappa shape index (κ1) is 21.1. The highest BCUT2D eigenvalue weighted by atomic mass is 16.7. The van der Waals surface area contributed by atoms with Crippen molar-refractivity contribution in [2.75, 3.05) is 7.11 Å². The summed E-state index contributed by atoms with van der Waals surface area (Å²) in [5.74, 6) is 0. The highest BCUT2D eigenvalue weighted by Crippen LogP contribution is 2.32. The molecule has 0 radical (unpaired) electrons. The van der Waals surface area contributed by atoms with E-state index in [0.717, 1.165) is 0 Å². The SMILES string of the molecule is CC.CC.CO[C@]1(C)C[C@H](OC(C)C)O[C@@H](C)[C@@H]1O. The molecule has 19 heavy (non-hydrogen) atoms. The van der Waals surface area contributed by atoms with E-state index in [0.29, 0.717) is 6.42 Å². The molecule has 1 saturated heterocycles. The summed E-state index contributed by atoms with van der Waals surface area (Å²) >= 11 is 0. The van der Waals surface area contributed by atoms with E-state index in [1.807, 2.05) is 55.4 Å². The molecule has 4 nitrogen and oxygen atoms in total. The van der Waals surface area contributed by atoms with Gasteiger partial charge in [-0.3, -0.25) is 0 Å². The van der Waals surface area contributed by atoms with Crippen molar-refractivity contribution in [3.63, 3.8) is 0 Å². The Morgan fingerprint density at radius 1 is 1.21 bits per heavy atom. The summed E-state index contributed by atoms with van der Waals surface area (Å²) in [5.41, 5.74) is -0.586. The zero-order valence-corrected chi connectivity index (χ0v) is 14.2. The predicted molar refractivity (Wildman–Crippen MR) is 79.3 cm³/mol. The fraction of sp³-hybridized carbons (Fsp3) is 1.00. The van der Waals surface area contributed by atoms with Gasteiger partial charge in [0, 0.05) is 13.5 Å². The number of aliphatic hydroxyl groups is 1. The van der Waals surface area contributed by atoms with E-state index in [2.05, 4.69) is 0 Å². The van der Waals surface area contributed by atoms with Gasteiger partial charge in [-0.25, -0.2) is 0 Å². The zero-order chi connectivity index (χ0) is 15.6. The average molecular weight is 278 g/mol. The van der Waals surface area contributed by atoms with E-state index in [4.69, 9.17) is 14.2 Å². The standard InChI is InChI=1S/C11H22O4.2C2H6/c1-7(2)14-9-6-11(4,13-5)10(12)8(3)15-9;2*1-2/h7-10,12H,6H2,1-5H3;2*1-2H3/t8-,9+,10-,11+;;/m0../s1. The molecule has 4 heteroatoms. The van der Waals surface area contributed by atoms with E-state index in [1.165, 1.54) is 0 Å². The highest BCUT2D eigenvalue weighted by Gasteiger charge is 2.45. The molecule has 1 N–H and O–H groups in total. The molecule has 0 amide bonds. The van der Waals surface area contributed by atoms with Crippen molar-refractivity contribution >= 4 is 0 Å².